The molecule has 0 aromatic heterocycles. The molecule has 3 N–H and O–H groups in total. The first kappa shape index (κ1) is 17.0. The van der Waals surface area contributed by atoms with Gasteiger partial charge in [-0.1, -0.05) is 0 Å². The zero-order chi connectivity index (χ0) is 16.2. The summed E-state index contributed by atoms with van der Waals surface area (Å²) in [4.78, 5) is 22.7. The molecule has 1 aromatic rings. The van der Waals surface area contributed by atoms with Crippen molar-refractivity contribution in [3.63, 3.8) is 0 Å². The Morgan fingerprint density at radius 3 is 2.38 bits per heavy atom. The average Bonchev–Trinajstić information content (AvgIpc) is 2.33. The van der Waals surface area contributed by atoms with Gasteiger partial charge in [-0.3, -0.25) is 9.59 Å². The molecular formula is C13H15F3N2O3. The molecule has 1 aromatic carbocycles. The number of hydrogen-bond donors (Lipinski definition) is 3. The van der Waals surface area contributed by atoms with Crippen LogP contribution in [0.5, 0.6) is 0 Å². The fourth-order valence-corrected chi connectivity index (χ4v) is 1.54. The molecule has 0 aliphatic carbocycles. The van der Waals surface area contributed by atoms with Gasteiger partial charge in [0.25, 0.3) is 5.91 Å². The molecule has 0 saturated carbocycles. The summed E-state index contributed by atoms with van der Waals surface area (Å²) in [6.07, 6.45) is -5.47. The monoisotopic (exact) mass is 304 g/mol. The van der Waals surface area contributed by atoms with E-state index in [1.165, 1.54) is 6.92 Å². The lowest BCUT2D eigenvalue weighted by atomic mass is 10.1. The van der Waals surface area contributed by atoms with Crippen LogP contribution in [0.25, 0.3) is 0 Å². The highest BCUT2D eigenvalue weighted by molar-refractivity contribution is 5.97. The van der Waals surface area contributed by atoms with Gasteiger partial charge in [-0.2, -0.15) is 13.2 Å². The van der Waals surface area contributed by atoms with E-state index in [0.29, 0.717) is 6.07 Å². The van der Waals surface area contributed by atoms with Crippen LogP contribution in [-0.4, -0.2) is 29.6 Å². The summed E-state index contributed by atoms with van der Waals surface area (Å²) in [5.41, 5.74) is -1.43. The Balaban J connectivity index is 3.12. The summed E-state index contributed by atoms with van der Waals surface area (Å²) >= 11 is 0. The van der Waals surface area contributed by atoms with Gasteiger partial charge in [-0.05, 0) is 25.1 Å². The van der Waals surface area contributed by atoms with Crippen molar-refractivity contribution in [2.24, 2.45) is 0 Å². The maximum atomic E-state index is 12.8. The molecule has 0 spiro atoms. The van der Waals surface area contributed by atoms with Crippen molar-refractivity contribution in [2.75, 3.05) is 11.9 Å². The molecule has 1 atom stereocenters. The fraction of sp³-hybridized carbons (Fsp3) is 0.385. The summed E-state index contributed by atoms with van der Waals surface area (Å²) in [6, 6.07) is 2.56. The fourth-order valence-electron chi connectivity index (χ4n) is 1.54. The average molecular weight is 304 g/mol. The normalized spacial score (nSPS) is 12.7. The second kappa shape index (κ2) is 6.57. The Labute approximate surface area is 119 Å². The van der Waals surface area contributed by atoms with Gasteiger partial charge >= 0.3 is 6.18 Å². The minimum absolute atomic E-state index is 0.0927. The van der Waals surface area contributed by atoms with Crippen molar-refractivity contribution in [1.29, 1.82) is 0 Å². The topological polar surface area (TPSA) is 78.4 Å². The number of carbonyl (C=O) groups excluding carboxylic acids is 2. The number of aliphatic hydroxyl groups is 1. The lowest BCUT2D eigenvalue weighted by molar-refractivity contribution is -0.137. The summed E-state index contributed by atoms with van der Waals surface area (Å²) in [7, 11) is 0. The van der Waals surface area contributed by atoms with Crippen LogP contribution >= 0.6 is 0 Å². The number of aliphatic hydroxyl groups excluding tert-OH is 1. The van der Waals surface area contributed by atoms with E-state index in [2.05, 4.69) is 10.6 Å². The first-order valence-corrected chi connectivity index (χ1v) is 6.05. The Morgan fingerprint density at radius 2 is 1.90 bits per heavy atom. The number of alkyl halides is 3. The molecule has 1 rings (SSSR count). The highest BCUT2D eigenvalue weighted by Crippen LogP contribution is 2.32. The predicted molar refractivity (Wildman–Crippen MR) is 69.8 cm³/mol. The van der Waals surface area contributed by atoms with Crippen molar-refractivity contribution in [3.05, 3.63) is 29.3 Å². The third-order valence-electron chi connectivity index (χ3n) is 2.40. The number of rotatable bonds is 4. The van der Waals surface area contributed by atoms with Gasteiger partial charge in [-0.25, -0.2) is 0 Å². The van der Waals surface area contributed by atoms with E-state index in [4.69, 9.17) is 5.11 Å². The molecule has 21 heavy (non-hydrogen) atoms. The zero-order valence-corrected chi connectivity index (χ0v) is 11.4. The molecular weight excluding hydrogens is 289 g/mol. The van der Waals surface area contributed by atoms with Crippen molar-refractivity contribution < 1.29 is 27.9 Å². The van der Waals surface area contributed by atoms with E-state index >= 15 is 0 Å². The lowest BCUT2D eigenvalue weighted by Crippen LogP contribution is -2.30. The van der Waals surface area contributed by atoms with Crippen molar-refractivity contribution in [2.45, 2.75) is 26.1 Å². The molecule has 116 valence electrons. The summed E-state index contributed by atoms with van der Waals surface area (Å²) in [5, 5.41) is 13.6. The van der Waals surface area contributed by atoms with Crippen molar-refractivity contribution >= 4 is 17.5 Å². The van der Waals surface area contributed by atoms with E-state index in [1.54, 1.807) is 0 Å². The number of anilines is 1. The molecule has 8 heteroatoms. The van der Waals surface area contributed by atoms with E-state index in [9.17, 15) is 22.8 Å². The van der Waals surface area contributed by atoms with Crippen LogP contribution in [0.4, 0.5) is 18.9 Å². The minimum atomic E-state index is -4.65. The highest BCUT2D eigenvalue weighted by atomic mass is 19.4. The number of hydrogen-bond acceptors (Lipinski definition) is 3. The first-order valence-electron chi connectivity index (χ1n) is 6.05. The largest absolute Gasteiger partial charge is 0.416 e. The summed E-state index contributed by atoms with van der Waals surface area (Å²) < 4.78 is 38.3. The van der Waals surface area contributed by atoms with Crippen LogP contribution in [0.2, 0.25) is 0 Å². The second-order valence-electron chi connectivity index (χ2n) is 4.54. The maximum absolute atomic E-state index is 12.8. The SMILES string of the molecule is CC(=O)Nc1cc(C(=O)NCC(C)O)cc(C(F)(F)F)c1. The van der Waals surface area contributed by atoms with E-state index in [0.717, 1.165) is 19.1 Å². The van der Waals surface area contributed by atoms with Crippen LogP contribution in [0.1, 0.15) is 29.8 Å². The number of carbonyl (C=O) groups is 2. The molecule has 1 unspecified atom stereocenters. The Hall–Kier alpha value is -2.09. The molecule has 0 saturated heterocycles. The van der Waals surface area contributed by atoms with Gasteiger partial charge in [0.2, 0.25) is 5.91 Å². The van der Waals surface area contributed by atoms with Gasteiger partial charge < -0.3 is 15.7 Å². The molecule has 0 heterocycles. The van der Waals surface area contributed by atoms with Crippen LogP contribution in [0.15, 0.2) is 18.2 Å². The van der Waals surface area contributed by atoms with Gasteiger partial charge in [0.1, 0.15) is 0 Å². The Morgan fingerprint density at radius 1 is 1.29 bits per heavy atom. The quantitative estimate of drug-likeness (QED) is 0.793. The van der Waals surface area contributed by atoms with Gasteiger partial charge in [-0.15, -0.1) is 0 Å². The second-order valence-corrected chi connectivity index (χ2v) is 4.54. The van der Waals surface area contributed by atoms with E-state index < -0.39 is 29.7 Å². The molecule has 0 aliphatic rings. The molecule has 2 amide bonds. The molecule has 0 fully saturated rings. The predicted octanol–water partition coefficient (Wildman–Crippen LogP) is 1.77. The van der Waals surface area contributed by atoms with E-state index in [-0.39, 0.29) is 17.8 Å². The number of halogens is 3. The van der Waals surface area contributed by atoms with Crippen molar-refractivity contribution in [3.8, 4) is 0 Å². The molecule has 0 aliphatic heterocycles. The van der Waals surface area contributed by atoms with Crippen LogP contribution in [-0.2, 0) is 11.0 Å². The third-order valence-corrected chi connectivity index (χ3v) is 2.40. The first-order chi connectivity index (χ1) is 9.59. The molecule has 0 radical (unpaired) electrons. The van der Waals surface area contributed by atoms with Crippen LogP contribution < -0.4 is 10.6 Å². The highest BCUT2D eigenvalue weighted by Gasteiger charge is 2.32. The number of benzene rings is 1. The minimum Gasteiger partial charge on any atom is -0.392 e. The zero-order valence-electron chi connectivity index (χ0n) is 11.4. The Bertz CT molecular complexity index is 542. The number of amides is 2. The third kappa shape index (κ3) is 5.42. The van der Waals surface area contributed by atoms with Gasteiger partial charge in [0.05, 0.1) is 11.7 Å². The Kier molecular flexibility index (Phi) is 5.31. The molecule has 5 nitrogen and oxygen atoms in total. The van der Waals surface area contributed by atoms with Gasteiger partial charge in [0, 0.05) is 24.7 Å². The van der Waals surface area contributed by atoms with E-state index in [1.807, 2.05) is 0 Å². The maximum Gasteiger partial charge on any atom is 0.416 e. The summed E-state index contributed by atoms with van der Waals surface area (Å²) in [6.45, 7) is 2.48. The smallest absolute Gasteiger partial charge is 0.392 e. The van der Waals surface area contributed by atoms with Crippen LogP contribution in [0, 0.1) is 0 Å². The standard InChI is InChI=1S/C13H15F3N2O3/c1-7(19)6-17-12(21)9-3-10(13(14,15)16)5-11(4-9)18-8(2)20/h3-5,7,19H,6H2,1-2H3,(H,17,21)(H,18,20). The van der Waals surface area contributed by atoms with Gasteiger partial charge in [0.15, 0.2) is 0 Å². The van der Waals surface area contributed by atoms with Crippen molar-refractivity contribution in [1.82, 2.24) is 5.32 Å². The summed E-state index contributed by atoms with van der Waals surface area (Å²) in [5.74, 6) is -1.32. The molecule has 0 bridgehead atoms. The lowest BCUT2D eigenvalue weighted by Gasteiger charge is -2.13. The number of nitrogens with one attached hydrogen (secondary N) is 2. The van der Waals surface area contributed by atoms with Crippen LogP contribution in [0.3, 0.4) is 0 Å².